The summed E-state index contributed by atoms with van der Waals surface area (Å²) in [4.78, 5) is 0. The molecule has 0 bridgehead atoms. The van der Waals surface area contributed by atoms with E-state index in [1.165, 1.54) is 6.07 Å². The Morgan fingerprint density at radius 3 is 2.58 bits per heavy atom. The Balaban J connectivity index is 2.14. The number of rotatable bonds is 4. The van der Waals surface area contributed by atoms with E-state index in [2.05, 4.69) is 15.9 Å². The molecule has 0 heterocycles. The van der Waals surface area contributed by atoms with Crippen molar-refractivity contribution in [3.8, 4) is 5.75 Å². The Morgan fingerprint density at radius 1 is 1.11 bits per heavy atom. The first-order valence-corrected chi connectivity index (χ1v) is 6.44. The van der Waals surface area contributed by atoms with Gasteiger partial charge in [-0.1, -0.05) is 40.2 Å². The molecule has 0 saturated heterocycles. The van der Waals surface area contributed by atoms with Crippen LogP contribution >= 0.6 is 15.9 Å². The Kier molecular flexibility index (Phi) is 4.50. The molecular weight excluding hydrogens is 316 g/mol. The highest BCUT2D eigenvalue weighted by Crippen LogP contribution is 2.26. The molecule has 2 N–H and O–H groups in total. The zero-order chi connectivity index (χ0) is 13.8. The van der Waals surface area contributed by atoms with Gasteiger partial charge in [-0.3, -0.25) is 0 Å². The number of hydrogen-bond acceptors (Lipinski definition) is 2. The van der Waals surface area contributed by atoms with Crippen LogP contribution < -0.4 is 10.5 Å². The first-order chi connectivity index (χ1) is 9.10. The van der Waals surface area contributed by atoms with E-state index in [-0.39, 0.29) is 12.4 Å². The fraction of sp³-hybridized carbons (Fsp3) is 0.143. The maximum absolute atomic E-state index is 13.5. The zero-order valence-corrected chi connectivity index (χ0v) is 11.6. The zero-order valence-electron chi connectivity index (χ0n) is 10.00. The molecular formula is C14H12BrF2NO. The van der Waals surface area contributed by atoms with Crippen molar-refractivity contribution in [3.05, 3.63) is 63.6 Å². The highest BCUT2D eigenvalue weighted by molar-refractivity contribution is 9.10. The van der Waals surface area contributed by atoms with E-state index < -0.39 is 11.6 Å². The molecule has 2 aromatic rings. The lowest BCUT2D eigenvalue weighted by molar-refractivity contribution is 0.284. The van der Waals surface area contributed by atoms with Gasteiger partial charge < -0.3 is 10.5 Å². The van der Waals surface area contributed by atoms with Gasteiger partial charge in [0.15, 0.2) is 11.6 Å². The van der Waals surface area contributed by atoms with Crippen molar-refractivity contribution in [2.75, 3.05) is 0 Å². The monoisotopic (exact) mass is 327 g/mol. The quantitative estimate of drug-likeness (QED) is 0.868. The maximum Gasteiger partial charge on any atom is 0.200 e. The Hall–Kier alpha value is -1.46. The average Bonchev–Trinajstić information content (AvgIpc) is 2.41. The lowest BCUT2D eigenvalue weighted by atomic mass is 10.1. The molecule has 0 spiro atoms. The molecule has 0 saturated carbocycles. The van der Waals surface area contributed by atoms with Crippen molar-refractivity contribution in [2.45, 2.75) is 13.2 Å². The van der Waals surface area contributed by atoms with Crippen LogP contribution in [0.4, 0.5) is 8.78 Å². The molecule has 0 aliphatic rings. The minimum atomic E-state index is -0.988. The summed E-state index contributed by atoms with van der Waals surface area (Å²) in [5.74, 6) is -2.05. The van der Waals surface area contributed by atoms with E-state index in [9.17, 15) is 8.78 Å². The topological polar surface area (TPSA) is 35.2 Å². The number of ether oxygens (including phenoxy) is 1. The molecule has 0 unspecified atom stereocenters. The number of hydrogen-bond donors (Lipinski definition) is 1. The summed E-state index contributed by atoms with van der Waals surface area (Å²) < 4.78 is 32.4. The molecule has 5 heteroatoms. The molecule has 2 rings (SSSR count). The van der Waals surface area contributed by atoms with Crippen LogP contribution in [0.25, 0.3) is 0 Å². The lowest BCUT2D eigenvalue weighted by Gasteiger charge is -2.09. The van der Waals surface area contributed by atoms with E-state index in [1.807, 2.05) is 24.3 Å². The third-order valence-corrected chi connectivity index (χ3v) is 3.04. The maximum atomic E-state index is 13.5. The molecule has 100 valence electrons. The predicted octanol–water partition coefficient (Wildman–Crippen LogP) is 3.77. The summed E-state index contributed by atoms with van der Waals surface area (Å²) in [5, 5.41) is 0. The minimum absolute atomic E-state index is 0.120. The second-order valence-corrected chi connectivity index (χ2v) is 4.93. The third-order valence-electron chi connectivity index (χ3n) is 2.58. The van der Waals surface area contributed by atoms with E-state index in [4.69, 9.17) is 10.5 Å². The van der Waals surface area contributed by atoms with Gasteiger partial charge in [-0.05, 0) is 23.3 Å². The molecule has 0 radical (unpaired) electrons. The molecule has 0 amide bonds. The van der Waals surface area contributed by atoms with Gasteiger partial charge >= 0.3 is 0 Å². The van der Waals surface area contributed by atoms with Crippen molar-refractivity contribution in [2.24, 2.45) is 5.73 Å². The van der Waals surface area contributed by atoms with Gasteiger partial charge in [0, 0.05) is 11.0 Å². The molecule has 2 nitrogen and oxygen atoms in total. The van der Waals surface area contributed by atoms with E-state index in [0.717, 1.165) is 17.2 Å². The molecule has 0 aromatic heterocycles. The van der Waals surface area contributed by atoms with Crippen LogP contribution in [0.15, 0.2) is 40.9 Å². The highest BCUT2D eigenvalue weighted by Gasteiger charge is 2.11. The largest absolute Gasteiger partial charge is 0.486 e. The number of benzene rings is 2. The molecule has 0 fully saturated rings. The summed E-state index contributed by atoms with van der Waals surface area (Å²) in [7, 11) is 0. The van der Waals surface area contributed by atoms with Gasteiger partial charge in [-0.25, -0.2) is 4.39 Å². The van der Waals surface area contributed by atoms with Gasteiger partial charge in [0.2, 0.25) is 5.82 Å². The Labute approximate surface area is 118 Å². The smallest absolute Gasteiger partial charge is 0.200 e. The van der Waals surface area contributed by atoms with E-state index in [1.54, 1.807) is 0 Å². The highest BCUT2D eigenvalue weighted by atomic mass is 79.9. The Morgan fingerprint density at radius 2 is 1.84 bits per heavy atom. The fourth-order valence-corrected chi connectivity index (χ4v) is 2.05. The van der Waals surface area contributed by atoms with Gasteiger partial charge in [0.05, 0.1) is 0 Å². The molecule has 2 aromatic carbocycles. The average molecular weight is 328 g/mol. The summed E-state index contributed by atoms with van der Waals surface area (Å²) in [6.07, 6.45) is 0. The van der Waals surface area contributed by atoms with Crippen LogP contribution in [-0.4, -0.2) is 0 Å². The van der Waals surface area contributed by atoms with Crippen LogP contribution in [0.2, 0.25) is 0 Å². The van der Waals surface area contributed by atoms with Crippen LogP contribution in [0.5, 0.6) is 5.75 Å². The van der Waals surface area contributed by atoms with Crippen LogP contribution in [0.3, 0.4) is 0 Å². The van der Waals surface area contributed by atoms with Crippen LogP contribution in [-0.2, 0) is 13.2 Å². The van der Waals surface area contributed by atoms with E-state index >= 15 is 0 Å². The first kappa shape index (κ1) is 14.0. The SMILES string of the molecule is NCc1cccc(COc2cc(Br)cc(F)c2F)c1. The first-order valence-electron chi connectivity index (χ1n) is 5.65. The fourth-order valence-electron chi connectivity index (χ4n) is 1.64. The van der Waals surface area contributed by atoms with E-state index in [0.29, 0.717) is 11.0 Å². The minimum Gasteiger partial charge on any atom is -0.486 e. The van der Waals surface area contributed by atoms with Gasteiger partial charge in [0.25, 0.3) is 0 Å². The second-order valence-electron chi connectivity index (χ2n) is 4.01. The van der Waals surface area contributed by atoms with Crippen molar-refractivity contribution in [3.63, 3.8) is 0 Å². The van der Waals surface area contributed by atoms with Crippen molar-refractivity contribution >= 4 is 15.9 Å². The summed E-state index contributed by atoms with van der Waals surface area (Å²) >= 11 is 3.09. The van der Waals surface area contributed by atoms with Gasteiger partial charge in [0.1, 0.15) is 6.61 Å². The Bertz CT molecular complexity index is 590. The van der Waals surface area contributed by atoms with Gasteiger partial charge in [-0.2, -0.15) is 4.39 Å². The third kappa shape index (κ3) is 3.52. The summed E-state index contributed by atoms with van der Waals surface area (Å²) in [5.41, 5.74) is 7.34. The summed E-state index contributed by atoms with van der Waals surface area (Å²) in [6, 6.07) is 9.89. The van der Waals surface area contributed by atoms with Gasteiger partial charge in [-0.15, -0.1) is 0 Å². The lowest BCUT2D eigenvalue weighted by Crippen LogP contribution is -2.01. The van der Waals surface area contributed by atoms with Crippen molar-refractivity contribution in [1.82, 2.24) is 0 Å². The molecule has 0 aliphatic carbocycles. The van der Waals surface area contributed by atoms with Crippen molar-refractivity contribution in [1.29, 1.82) is 0 Å². The molecule has 0 atom stereocenters. The molecule has 19 heavy (non-hydrogen) atoms. The number of halogens is 3. The van der Waals surface area contributed by atoms with Crippen LogP contribution in [0.1, 0.15) is 11.1 Å². The normalized spacial score (nSPS) is 10.5. The summed E-state index contributed by atoms with van der Waals surface area (Å²) in [6.45, 7) is 0.578. The van der Waals surface area contributed by atoms with Crippen molar-refractivity contribution < 1.29 is 13.5 Å². The van der Waals surface area contributed by atoms with Crippen LogP contribution in [0, 0.1) is 11.6 Å². The predicted molar refractivity (Wildman–Crippen MR) is 72.7 cm³/mol. The number of nitrogens with two attached hydrogens (primary N) is 1. The molecule has 0 aliphatic heterocycles. The standard InChI is InChI=1S/C14H12BrF2NO/c15-11-5-12(16)14(17)13(6-11)19-8-10-3-1-2-9(4-10)7-18/h1-6H,7-8,18H2. The second kappa shape index (κ2) is 6.12.